The molecule has 1 saturated carbocycles. The number of anilines is 1. The molecule has 1 atom stereocenters. The van der Waals surface area contributed by atoms with Crippen LogP contribution in [-0.4, -0.2) is 19.1 Å². The Hall–Kier alpha value is -0.800. The number of benzene rings is 1. The van der Waals surface area contributed by atoms with Gasteiger partial charge in [0.05, 0.1) is 0 Å². The first-order valence-corrected chi connectivity index (χ1v) is 8.37. The fourth-order valence-electron chi connectivity index (χ4n) is 2.51. The second-order valence-electron chi connectivity index (χ2n) is 5.55. The van der Waals surface area contributed by atoms with Gasteiger partial charge < -0.3 is 10.2 Å². The summed E-state index contributed by atoms with van der Waals surface area (Å²) in [5.41, 5.74) is 2.63. The SMILES string of the molecule is C=CCN(c1ccc(C(C)NCCC)c(Br)c1)C1CC1. The van der Waals surface area contributed by atoms with Crippen molar-refractivity contribution in [2.45, 2.75) is 45.2 Å². The number of nitrogens with zero attached hydrogens (tertiary/aromatic N) is 1. The Kier molecular flexibility index (Phi) is 5.67. The van der Waals surface area contributed by atoms with E-state index >= 15 is 0 Å². The van der Waals surface area contributed by atoms with Crippen molar-refractivity contribution in [1.82, 2.24) is 5.32 Å². The molecule has 20 heavy (non-hydrogen) atoms. The molecule has 1 aliphatic rings. The van der Waals surface area contributed by atoms with Crippen LogP contribution < -0.4 is 10.2 Å². The Morgan fingerprint density at radius 2 is 2.25 bits per heavy atom. The molecule has 3 heteroatoms. The maximum atomic E-state index is 3.87. The smallest absolute Gasteiger partial charge is 0.0383 e. The minimum atomic E-state index is 0.382. The summed E-state index contributed by atoms with van der Waals surface area (Å²) in [7, 11) is 0. The van der Waals surface area contributed by atoms with Crippen LogP contribution in [0.15, 0.2) is 35.3 Å². The van der Waals surface area contributed by atoms with Gasteiger partial charge in [0.25, 0.3) is 0 Å². The Morgan fingerprint density at radius 3 is 2.80 bits per heavy atom. The molecule has 110 valence electrons. The third kappa shape index (κ3) is 3.86. The zero-order valence-electron chi connectivity index (χ0n) is 12.5. The Morgan fingerprint density at radius 1 is 1.50 bits per heavy atom. The summed E-state index contributed by atoms with van der Waals surface area (Å²) in [5, 5.41) is 3.54. The monoisotopic (exact) mass is 336 g/mol. The second kappa shape index (κ2) is 7.28. The van der Waals surface area contributed by atoms with E-state index in [1.165, 1.54) is 28.6 Å². The van der Waals surface area contributed by atoms with E-state index in [1.54, 1.807) is 0 Å². The van der Waals surface area contributed by atoms with Crippen LogP contribution in [0.2, 0.25) is 0 Å². The van der Waals surface area contributed by atoms with Crippen molar-refractivity contribution in [2.24, 2.45) is 0 Å². The van der Waals surface area contributed by atoms with Gasteiger partial charge in [-0.1, -0.05) is 35.0 Å². The lowest BCUT2D eigenvalue weighted by Gasteiger charge is -2.25. The molecule has 0 aromatic heterocycles. The Balaban J connectivity index is 2.13. The van der Waals surface area contributed by atoms with E-state index in [0.29, 0.717) is 12.1 Å². The molecule has 1 aromatic carbocycles. The minimum absolute atomic E-state index is 0.382. The summed E-state index contributed by atoms with van der Waals surface area (Å²) >= 11 is 3.74. The van der Waals surface area contributed by atoms with Gasteiger partial charge in [0.1, 0.15) is 0 Å². The standard InChI is InChI=1S/C17H25BrN2/c1-4-10-19-13(3)16-9-8-15(12-17(16)18)20(11-5-2)14-6-7-14/h5,8-9,12-14,19H,2,4,6-7,10-11H2,1,3H3. The molecule has 0 bridgehead atoms. The molecule has 1 aromatic rings. The lowest BCUT2D eigenvalue weighted by Crippen LogP contribution is -2.26. The molecule has 0 amide bonds. The van der Waals surface area contributed by atoms with Gasteiger partial charge in [-0.2, -0.15) is 0 Å². The fourth-order valence-corrected chi connectivity index (χ4v) is 3.22. The second-order valence-corrected chi connectivity index (χ2v) is 6.41. The van der Waals surface area contributed by atoms with Crippen LogP contribution in [0.5, 0.6) is 0 Å². The van der Waals surface area contributed by atoms with E-state index in [1.807, 2.05) is 6.08 Å². The van der Waals surface area contributed by atoms with Gasteiger partial charge >= 0.3 is 0 Å². The molecular weight excluding hydrogens is 312 g/mol. The number of hydrogen-bond donors (Lipinski definition) is 1. The van der Waals surface area contributed by atoms with Crippen molar-refractivity contribution in [3.05, 3.63) is 40.9 Å². The number of halogens is 1. The lowest BCUT2D eigenvalue weighted by atomic mass is 10.1. The van der Waals surface area contributed by atoms with Gasteiger partial charge in [-0.15, -0.1) is 6.58 Å². The number of nitrogens with one attached hydrogen (secondary N) is 1. The van der Waals surface area contributed by atoms with E-state index in [2.05, 4.69) is 64.8 Å². The number of rotatable bonds is 8. The van der Waals surface area contributed by atoms with Crippen molar-refractivity contribution >= 4 is 21.6 Å². The minimum Gasteiger partial charge on any atom is -0.365 e. The molecule has 0 heterocycles. The summed E-state index contributed by atoms with van der Waals surface area (Å²) in [6.45, 7) is 10.3. The van der Waals surface area contributed by atoms with E-state index in [0.717, 1.165) is 19.5 Å². The molecule has 1 fully saturated rings. The highest BCUT2D eigenvalue weighted by Gasteiger charge is 2.28. The highest BCUT2D eigenvalue weighted by Crippen LogP contribution is 2.34. The third-order valence-electron chi connectivity index (χ3n) is 3.80. The predicted molar refractivity (Wildman–Crippen MR) is 91.4 cm³/mol. The lowest BCUT2D eigenvalue weighted by molar-refractivity contribution is 0.569. The highest BCUT2D eigenvalue weighted by molar-refractivity contribution is 9.10. The van der Waals surface area contributed by atoms with Crippen LogP contribution in [0, 0.1) is 0 Å². The molecule has 1 aliphatic carbocycles. The van der Waals surface area contributed by atoms with Crippen molar-refractivity contribution in [2.75, 3.05) is 18.0 Å². The van der Waals surface area contributed by atoms with Gasteiger partial charge in [-0.05, 0) is 50.4 Å². The maximum Gasteiger partial charge on any atom is 0.0383 e. The van der Waals surface area contributed by atoms with Crippen LogP contribution in [0.3, 0.4) is 0 Å². The van der Waals surface area contributed by atoms with E-state index in [9.17, 15) is 0 Å². The molecule has 0 saturated heterocycles. The zero-order valence-corrected chi connectivity index (χ0v) is 14.1. The highest BCUT2D eigenvalue weighted by atomic mass is 79.9. The quantitative estimate of drug-likeness (QED) is 0.694. The molecule has 0 spiro atoms. The van der Waals surface area contributed by atoms with Gasteiger partial charge in [0.15, 0.2) is 0 Å². The molecule has 2 rings (SSSR count). The van der Waals surface area contributed by atoms with E-state index < -0.39 is 0 Å². The largest absolute Gasteiger partial charge is 0.365 e. The molecule has 1 unspecified atom stereocenters. The summed E-state index contributed by atoms with van der Waals surface area (Å²) < 4.78 is 1.20. The van der Waals surface area contributed by atoms with E-state index in [4.69, 9.17) is 0 Å². The summed E-state index contributed by atoms with van der Waals surface area (Å²) in [5.74, 6) is 0. The average molecular weight is 337 g/mol. The molecule has 1 N–H and O–H groups in total. The molecule has 0 radical (unpaired) electrons. The van der Waals surface area contributed by atoms with Crippen molar-refractivity contribution < 1.29 is 0 Å². The fraction of sp³-hybridized carbons (Fsp3) is 0.529. The first-order chi connectivity index (χ1) is 9.67. The van der Waals surface area contributed by atoms with Gasteiger partial charge in [0.2, 0.25) is 0 Å². The predicted octanol–water partition coefficient (Wildman–Crippen LogP) is 4.66. The van der Waals surface area contributed by atoms with Gasteiger partial charge in [-0.25, -0.2) is 0 Å². The van der Waals surface area contributed by atoms with E-state index in [-0.39, 0.29) is 0 Å². The van der Waals surface area contributed by atoms with Gasteiger partial charge in [0, 0.05) is 28.8 Å². The molecular formula is C17H25BrN2. The van der Waals surface area contributed by atoms with Gasteiger partial charge in [-0.3, -0.25) is 0 Å². The van der Waals surface area contributed by atoms with Crippen molar-refractivity contribution in [3.63, 3.8) is 0 Å². The van der Waals surface area contributed by atoms with Crippen LogP contribution in [0.25, 0.3) is 0 Å². The first-order valence-electron chi connectivity index (χ1n) is 7.57. The normalized spacial score (nSPS) is 15.9. The summed E-state index contributed by atoms with van der Waals surface area (Å²) in [4.78, 5) is 2.45. The Bertz CT molecular complexity index is 454. The van der Waals surface area contributed by atoms with Crippen molar-refractivity contribution in [1.29, 1.82) is 0 Å². The average Bonchev–Trinajstić information content (AvgIpc) is 3.26. The van der Waals surface area contributed by atoms with Crippen LogP contribution in [0.4, 0.5) is 5.69 Å². The summed E-state index contributed by atoms with van der Waals surface area (Å²) in [6.07, 6.45) is 5.77. The topological polar surface area (TPSA) is 15.3 Å². The van der Waals surface area contributed by atoms with Crippen LogP contribution in [-0.2, 0) is 0 Å². The number of hydrogen-bond acceptors (Lipinski definition) is 2. The van der Waals surface area contributed by atoms with Crippen LogP contribution >= 0.6 is 15.9 Å². The first kappa shape index (κ1) is 15.6. The third-order valence-corrected chi connectivity index (χ3v) is 4.48. The summed E-state index contributed by atoms with van der Waals surface area (Å²) in [6, 6.07) is 7.83. The van der Waals surface area contributed by atoms with Crippen molar-refractivity contribution in [3.8, 4) is 0 Å². The molecule has 2 nitrogen and oxygen atoms in total. The Labute approximate surface area is 131 Å². The molecule has 0 aliphatic heterocycles. The maximum absolute atomic E-state index is 3.87. The van der Waals surface area contributed by atoms with Crippen LogP contribution in [0.1, 0.15) is 44.7 Å². The zero-order chi connectivity index (χ0) is 14.5.